The lowest BCUT2D eigenvalue weighted by Gasteiger charge is -2.16. The van der Waals surface area contributed by atoms with Crippen molar-refractivity contribution in [2.75, 3.05) is 5.32 Å². The lowest BCUT2D eigenvalue weighted by molar-refractivity contribution is -0.122. The standard InChI is InChI=1S/C21H19N3O3/c25-20-18(10-7-13-4-1-2-5-16(13)23-20)27-14-8-9-17-15(12-14)21(26)24-11-3-6-19(24)22-17/h1-2,4-5,8-9,12,18H,3,6-7,10-11H2,(H,23,25)/t18-/m0/s1. The Labute approximate surface area is 155 Å². The second kappa shape index (κ2) is 6.23. The quantitative estimate of drug-likeness (QED) is 0.762. The molecule has 136 valence electrons. The van der Waals surface area contributed by atoms with E-state index in [2.05, 4.69) is 10.3 Å². The summed E-state index contributed by atoms with van der Waals surface area (Å²) in [6.45, 7) is 0.714. The Morgan fingerprint density at radius 2 is 2.00 bits per heavy atom. The van der Waals surface area contributed by atoms with Gasteiger partial charge in [-0.2, -0.15) is 0 Å². The highest BCUT2D eigenvalue weighted by molar-refractivity contribution is 5.96. The first-order chi connectivity index (χ1) is 13.2. The highest BCUT2D eigenvalue weighted by Gasteiger charge is 2.25. The third-order valence-electron chi connectivity index (χ3n) is 5.31. The first-order valence-electron chi connectivity index (χ1n) is 9.28. The first kappa shape index (κ1) is 16.1. The summed E-state index contributed by atoms with van der Waals surface area (Å²) in [4.78, 5) is 29.9. The number of hydrogen-bond acceptors (Lipinski definition) is 4. The largest absolute Gasteiger partial charge is 0.481 e. The molecule has 0 fully saturated rings. The number of nitrogens with zero attached hydrogens (tertiary/aromatic N) is 2. The molecule has 0 aliphatic carbocycles. The van der Waals surface area contributed by atoms with Gasteiger partial charge in [0.05, 0.1) is 10.9 Å². The number of carbonyl (C=O) groups is 1. The summed E-state index contributed by atoms with van der Waals surface area (Å²) in [6, 6.07) is 13.1. The van der Waals surface area contributed by atoms with Gasteiger partial charge in [-0.3, -0.25) is 14.2 Å². The van der Waals surface area contributed by atoms with Gasteiger partial charge >= 0.3 is 0 Å². The van der Waals surface area contributed by atoms with Gasteiger partial charge in [-0.05, 0) is 49.1 Å². The number of anilines is 1. The molecule has 0 bridgehead atoms. The smallest absolute Gasteiger partial charge is 0.265 e. The number of nitrogens with one attached hydrogen (secondary N) is 1. The van der Waals surface area contributed by atoms with Crippen LogP contribution in [-0.4, -0.2) is 21.6 Å². The van der Waals surface area contributed by atoms with E-state index in [1.807, 2.05) is 24.3 Å². The number of rotatable bonds is 2. The first-order valence-corrected chi connectivity index (χ1v) is 9.28. The number of para-hydroxylation sites is 1. The maximum absolute atomic E-state index is 12.7. The Morgan fingerprint density at radius 3 is 2.93 bits per heavy atom. The number of fused-ring (bicyclic) bond motifs is 3. The maximum atomic E-state index is 12.7. The lowest BCUT2D eigenvalue weighted by atomic mass is 10.1. The minimum atomic E-state index is -0.597. The minimum Gasteiger partial charge on any atom is -0.481 e. The molecule has 1 amide bonds. The van der Waals surface area contributed by atoms with E-state index in [-0.39, 0.29) is 11.5 Å². The molecule has 0 radical (unpaired) electrons. The van der Waals surface area contributed by atoms with Crippen LogP contribution in [0, 0.1) is 0 Å². The molecule has 1 aromatic heterocycles. The Morgan fingerprint density at radius 1 is 1.11 bits per heavy atom. The molecule has 3 heterocycles. The number of hydrogen-bond donors (Lipinski definition) is 1. The molecule has 2 aromatic carbocycles. The number of ether oxygens (including phenoxy) is 1. The summed E-state index contributed by atoms with van der Waals surface area (Å²) in [5.41, 5.74) is 2.59. The number of aryl methyl sites for hydroxylation is 2. The van der Waals surface area contributed by atoms with E-state index >= 15 is 0 Å². The molecule has 6 nitrogen and oxygen atoms in total. The Hall–Kier alpha value is -3.15. The van der Waals surface area contributed by atoms with E-state index in [1.165, 1.54) is 0 Å². The van der Waals surface area contributed by atoms with Crippen LogP contribution in [0.4, 0.5) is 5.69 Å². The number of aromatic nitrogens is 2. The summed E-state index contributed by atoms with van der Waals surface area (Å²) in [5.74, 6) is 1.21. The molecule has 1 atom stereocenters. The van der Waals surface area contributed by atoms with Crippen molar-refractivity contribution in [1.82, 2.24) is 9.55 Å². The Balaban J connectivity index is 1.45. The highest BCUT2D eigenvalue weighted by Crippen LogP contribution is 2.25. The average Bonchev–Trinajstić information content (AvgIpc) is 3.09. The summed E-state index contributed by atoms with van der Waals surface area (Å²) >= 11 is 0. The third kappa shape index (κ3) is 2.77. The van der Waals surface area contributed by atoms with Crippen LogP contribution in [0.15, 0.2) is 47.3 Å². The van der Waals surface area contributed by atoms with Crippen LogP contribution >= 0.6 is 0 Å². The molecule has 0 spiro atoms. The lowest BCUT2D eigenvalue weighted by Crippen LogP contribution is -2.31. The summed E-state index contributed by atoms with van der Waals surface area (Å²) in [7, 11) is 0. The van der Waals surface area contributed by atoms with Crippen molar-refractivity contribution in [3.63, 3.8) is 0 Å². The zero-order chi connectivity index (χ0) is 18.4. The second-order valence-corrected chi connectivity index (χ2v) is 7.06. The summed E-state index contributed by atoms with van der Waals surface area (Å²) in [6.07, 6.45) is 2.53. The van der Waals surface area contributed by atoms with Crippen molar-refractivity contribution >= 4 is 22.5 Å². The summed E-state index contributed by atoms with van der Waals surface area (Å²) in [5, 5.41) is 3.47. The van der Waals surface area contributed by atoms with E-state index in [0.29, 0.717) is 29.6 Å². The van der Waals surface area contributed by atoms with Crippen LogP contribution in [0.2, 0.25) is 0 Å². The third-order valence-corrected chi connectivity index (χ3v) is 5.31. The Bertz CT molecular complexity index is 1120. The molecule has 0 saturated carbocycles. The van der Waals surface area contributed by atoms with Gasteiger partial charge in [-0.15, -0.1) is 0 Å². The van der Waals surface area contributed by atoms with E-state index in [0.717, 1.165) is 36.3 Å². The molecule has 5 rings (SSSR count). The molecular weight excluding hydrogens is 342 g/mol. The molecule has 0 unspecified atom stereocenters. The van der Waals surface area contributed by atoms with Crippen molar-refractivity contribution in [2.45, 2.75) is 38.3 Å². The van der Waals surface area contributed by atoms with Gasteiger partial charge in [0.25, 0.3) is 11.5 Å². The van der Waals surface area contributed by atoms with Crippen LogP contribution in [0.25, 0.3) is 10.9 Å². The molecule has 3 aromatic rings. The zero-order valence-electron chi connectivity index (χ0n) is 14.8. The van der Waals surface area contributed by atoms with Gasteiger partial charge in [-0.1, -0.05) is 18.2 Å². The number of carbonyl (C=O) groups excluding carboxylic acids is 1. The van der Waals surface area contributed by atoms with Gasteiger partial charge in [0.15, 0.2) is 6.10 Å². The van der Waals surface area contributed by atoms with Gasteiger partial charge < -0.3 is 10.1 Å². The van der Waals surface area contributed by atoms with Crippen LogP contribution in [0.3, 0.4) is 0 Å². The van der Waals surface area contributed by atoms with Crippen LogP contribution in [0.1, 0.15) is 24.2 Å². The molecule has 2 aliphatic rings. The maximum Gasteiger partial charge on any atom is 0.265 e. The predicted octanol–water partition coefficient (Wildman–Crippen LogP) is 2.68. The van der Waals surface area contributed by atoms with E-state index in [9.17, 15) is 9.59 Å². The zero-order valence-corrected chi connectivity index (χ0v) is 14.8. The second-order valence-electron chi connectivity index (χ2n) is 7.06. The molecular formula is C21H19N3O3. The van der Waals surface area contributed by atoms with Crippen molar-refractivity contribution in [2.24, 2.45) is 0 Å². The fraction of sp³-hybridized carbons (Fsp3) is 0.286. The van der Waals surface area contributed by atoms with E-state index < -0.39 is 6.10 Å². The fourth-order valence-electron chi connectivity index (χ4n) is 3.90. The van der Waals surface area contributed by atoms with E-state index in [4.69, 9.17) is 4.74 Å². The molecule has 1 N–H and O–H groups in total. The van der Waals surface area contributed by atoms with E-state index in [1.54, 1.807) is 22.8 Å². The number of benzene rings is 2. The highest BCUT2D eigenvalue weighted by atomic mass is 16.5. The van der Waals surface area contributed by atoms with Crippen molar-refractivity contribution in [3.05, 3.63) is 64.2 Å². The summed E-state index contributed by atoms with van der Waals surface area (Å²) < 4.78 is 7.71. The molecule has 6 heteroatoms. The monoisotopic (exact) mass is 361 g/mol. The SMILES string of the molecule is O=C1Nc2ccccc2CC[C@@H]1Oc1ccc2nc3n(c(=O)c2c1)CCC3. The predicted molar refractivity (Wildman–Crippen MR) is 102 cm³/mol. The molecule has 2 aliphatic heterocycles. The normalized spacial score (nSPS) is 18.5. The average molecular weight is 361 g/mol. The molecule has 27 heavy (non-hydrogen) atoms. The van der Waals surface area contributed by atoms with Gasteiger partial charge in [0, 0.05) is 18.7 Å². The van der Waals surface area contributed by atoms with Crippen LogP contribution in [0.5, 0.6) is 5.75 Å². The van der Waals surface area contributed by atoms with Crippen molar-refractivity contribution in [1.29, 1.82) is 0 Å². The van der Waals surface area contributed by atoms with Crippen molar-refractivity contribution in [3.8, 4) is 5.75 Å². The van der Waals surface area contributed by atoms with Gasteiger partial charge in [0.1, 0.15) is 11.6 Å². The topological polar surface area (TPSA) is 73.2 Å². The van der Waals surface area contributed by atoms with Gasteiger partial charge in [-0.25, -0.2) is 4.98 Å². The fourth-order valence-corrected chi connectivity index (χ4v) is 3.90. The molecule has 0 saturated heterocycles. The van der Waals surface area contributed by atoms with Gasteiger partial charge in [0.2, 0.25) is 0 Å². The van der Waals surface area contributed by atoms with Crippen LogP contribution < -0.4 is 15.6 Å². The Kier molecular flexibility index (Phi) is 3.70. The number of amides is 1. The van der Waals surface area contributed by atoms with Crippen LogP contribution in [-0.2, 0) is 24.2 Å². The van der Waals surface area contributed by atoms with Crippen molar-refractivity contribution < 1.29 is 9.53 Å². The minimum absolute atomic E-state index is 0.0318.